The van der Waals surface area contributed by atoms with Gasteiger partial charge in [-0.05, 0) is 25.1 Å². The summed E-state index contributed by atoms with van der Waals surface area (Å²) in [7, 11) is 0. The molecule has 25 heavy (non-hydrogen) atoms. The molecule has 4 nitrogen and oxygen atoms in total. The molecule has 1 heterocycles. The summed E-state index contributed by atoms with van der Waals surface area (Å²) in [4.78, 5) is 16.6. The van der Waals surface area contributed by atoms with E-state index in [0.29, 0.717) is 11.3 Å². The van der Waals surface area contributed by atoms with Gasteiger partial charge in [-0.3, -0.25) is 4.79 Å². The second kappa shape index (κ2) is 7.97. The normalized spacial score (nSPS) is 10.2. The highest BCUT2D eigenvalue weighted by Gasteiger charge is 2.09. The van der Waals surface area contributed by atoms with Crippen molar-refractivity contribution in [3.63, 3.8) is 0 Å². The molecule has 0 radical (unpaired) electrons. The van der Waals surface area contributed by atoms with Crippen molar-refractivity contribution >= 4 is 34.7 Å². The summed E-state index contributed by atoms with van der Waals surface area (Å²) in [5, 5.41) is 13.7. The molecular weight excluding hydrogens is 350 g/mol. The van der Waals surface area contributed by atoms with E-state index in [9.17, 15) is 4.79 Å². The van der Waals surface area contributed by atoms with Crippen LogP contribution in [0.25, 0.3) is 11.3 Å². The van der Waals surface area contributed by atoms with E-state index in [1.54, 1.807) is 24.3 Å². The average Bonchev–Trinajstić information content (AvgIpc) is 3.10. The van der Waals surface area contributed by atoms with Gasteiger partial charge in [0.2, 0.25) is 5.91 Å². The molecular formula is C19H15N3OS2. The van der Waals surface area contributed by atoms with Crippen LogP contribution in [0.4, 0.5) is 5.69 Å². The number of hydrogen-bond donors (Lipinski definition) is 1. The van der Waals surface area contributed by atoms with Crippen molar-refractivity contribution in [3.8, 4) is 17.3 Å². The van der Waals surface area contributed by atoms with E-state index in [4.69, 9.17) is 5.26 Å². The van der Waals surface area contributed by atoms with Crippen LogP contribution in [-0.4, -0.2) is 16.6 Å². The number of thiazole rings is 1. The molecule has 0 aliphatic heterocycles. The molecule has 0 unspecified atom stereocenters. The van der Waals surface area contributed by atoms with Crippen molar-refractivity contribution in [1.82, 2.24) is 4.98 Å². The second-order valence-corrected chi connectivity index (χ2v) is 7.47. The standard InChI is InChI=1S/C19H15N3OS2/c1-13-5-7-15(8-6-13)17-11-24-19(22-17)25-12-18(23)21-16-4-2-3-14(9-16)10-20/h2-9,11H,12H2,1H3,(H,21,23). The predicted molar refractivity (Wildman–Crippen MR) is 103 cm³/mol. The summed E-state index contributed by atoms with van der Waals surface area (Å²) in [5.41, 5.74) is 4.36. The first-order valence-corrected chi connectivity index (χ1v) is 9.46. The van der Waals surface area contributed by atoms with Gasteiger partial charge in [0.05, 0.1) is 23.1 Å². The van der Waals surface area contributed by atoms with E-state index in [1.165, 1.54) is 28.7 Å². The number of aromatic nitrogens is 1. The molecule has 2 aromatic carbocycles. The maximum absolute atomic E-state index is 12.1. The van der Waals surface area contributed by atoms with Gasteiger partial charge in [-0.15, -0.1) is 11.3 Å². The van der Waals surface area contributed by atoms with Crippen LogP contribution < -0.4 is 5.32 Å². The molecule has 0 atom stereocenters. The van der Waals surface area contributed by atoms with Crippen LogP contribution in [0, 0.1) is 18.3 Å². The van der Waals surface area contributed by atoms with Gasteiger partial charge >= 0.3 is 0 Å². The van der Waals surface area contributed by atoms with Crippen molar-refractivity contribution in [2.75, 3.05) is 11.1 Å². The Bertz CT molecular complexity index is 926. The number of rotatable bonds is 5. The van der Waals surface area contributed by atoms with Crippen LogP contribution >= 0.6 is 23.1 Å². The summed E-state index contributed by atoms with van der Waals surface area (Å²) in [6.45, 7) is 2.05. The number of amides is 1. The Morgan fingerprint density at radius 3 is 2.84 bits per heavy atom. The number of carbonyl (C=O) groups excluding carboxylic acids is 1. The fraction of sp³-hybridized carbons (Fsp3) is 0.105. The van der Waals surface area contributed by atoms with Crippen LogP contribution in [0.1, 0.15) is 11.1 Å². The third kappa shape index (κ3) is 4.69. The summed E-state index contributed by atoms with van der Waals surface area (Å²) in [6, 6.07) is 17.1. The van der Waals surface area contributed by atoms with E-state index in [0.717, 1.165) is 15.6 Å². The molecule has 0 saturated heterocycles. The van der Waals surface area contributed by atoms with Gasteiger partial charge in [0.15, 0.2) is 4.34 Å². The second-order valence-electron chi connectivity index (χ2n) is 5.39. The molecule has 0 bridgehead atoms. The average molecular weight is 365 g/mol. The van der Waals surface area contributed by atoms with Gasteiger partial charge in [-0.1, -0.05) is 47.7 Å². The highest BCUT2D eigenvalue weighted by atomic mass is 32.2. The van der Waals surface area contributed by atoms with Crippen LogP contribution in [-0.2, 0) is 4.79 Å². The zero-order valence-electron chi connectivity index (χ0n) is 13.5. The van der Waals surface area contributed by atoms with E-state index in [1.807, 2.05) is 17.5 Å². The lowest BCUT2D eigenvalue weighted by molar-refractivity contribution is -0.113. The van der Waals surface area contributed by atoms with Gasteiger partial charge < -0.3 is 5.32 Å². The van der Waals surface area contributed by atoms with Crippen molar-refractivity contribution in [2.45, 2.75) is 11.3 Å². The molecule has 0 spiro atoms. The number of aryl methyl sites for hydroxylation is 1. The Morgan fingerprint density at radius 2 is 2.08 bits per heavy atom. The van der Waals surface area contributed by atoms with Crippen LogP contribution in [0.15, 0.2) is 58.3 Å². The lowest BCUT2D eigenvalue weighted by Crippen LogP contribution is -2.13. The van der Waals surface area contributed by atoms with Gasteiger partial charge in [-0.25, -0.2) is 4.98 Å². The minimum absolute atomic E-state index is 0.118. The Balaban J connectivity index is 1.57. The number of thioether (sulfide) groups is 1. The SMILES string of the molecule is Cc1ccc(-c2csc(SCC(=O)Nc3cccc(C#N)c3)n2)cc1. The van der Waals surface area contributed by atoms with E-state index in [2.05, 4.69) is 35.4 Å². The number of hydrogen-bond acceptors (Lipinski definition) is 5. The maximum Gasteiger partial charge on any atom is 0.234 e. The number of nitriles is 1. The van der Waals surface area contributed by atoms with E-state index < -0.39 is 0 Å². The van der Waals surface area contributed by atoms with Gasteiger partial charge in [0.1, 0.15) is 0 Å². The number of benzene rings is 2. The lowest BCUT2D eigenvalue weighted by atomic mass is 10.1. The quantitative estimate of drug-likeness (QED) is 0.664. The largest absolute Gasteiger partial charge is 0.325 e. The van der Waals surface area contributed by atoms with Gasteiger partial charge in [0.25, 0.3) is 0 Å². The van der Waals surface area contributed by atoms with Crippen LogP contribution in [0.3, 0.4) is 0 Å². The van der Waals surface area contributed by atoms with E-state index in [-0.39, 0.29) is 11.7 Å². The fourth-order valence-electron chi connectivity index (χ4n) is 2.17. The minimum atomic E-state index is -0.118. The highest BCUT2D eigenvalue weighted by molar-refractivity contribution is 8.01. The van der Waals surface area contributed by atoms with Crippen LogP contribution in [0.2, 0.25) is 0 Å². The highest BCUT2D eigenvalue weighted by Crippen LogP contribution is 2.28. The summed E-state index contributed by atoms with van der Waals surface area (Å²) in [5.74, 6) is 0.157. The molecule has 0 fully saturated rings. The third-order valence-electron chi connectivity index (χ3n) is 3.43. The first-order valence-electron chi connectivity index (χ1n) is 7.59. The zero-order valence-corrected chi connectivity index (χ0v) is 15.2. The minimum Gasteiger partial charge on any atom is -0.325 e. The lowest BCUT2D eigenvalue weighted by Gasteiger charge is -2.04. The Labute approximate surface area is 154 Å². The monoisotopic (exact) mass is 365 g/mol. The predicted octanol–water partition coefficient (Wildman–Crippen LogP) is 4.72. The molecule has 3 rings (SSSR count). The van der Waals surface area contributed by atoms with Crippen LogP contribution in [0.5, 0.6) is 0 Å². The first-order chi connectivity index (χ1) is 12.1. The molecule has 0 aliphatic rings. The molecule has 124 valence electrons. The maximum atomic E-state index is 12.1. The Morgan fingerprint density at radius 1 is 1.28 bits per heavy atom. The molecule has 1 N–H and O–H groups in total. The van der Waals surface area contributed by atoms with Gasteiger partial charge in [0, 0.05) is 16.6 Å². The van der Waals surface area contributed by atoms with Crippen molar-refractivity contribution in [1.29, 1.82) is 5.26 Å². The van der Waals surface area contributed by atoms with E-state index >= 15 is 0 Å². The topological polar surface area (TPSA) is 65.8 Å². The molecule has 1 amide bonds. The third-order valence-corrected chi connectivity index (χ3v) is 5.45. The zero-order chi connectivity index (χ0) is 17.6. The molecule has 6 heteroatoms. The smallest absolute Gasteiger partial charge is 0.234 e. The molecule has 1 aromatic heterocycles. The molecule has 3 aromatic rings. The molecule has 0 aliphatic carbocycles. The summed E-state index contributed by atoms with van der Waals surface area (Å²) >= 11 is 2.94. The molecule has 0 saturated carbocycles. The number of nitrogens with one attached hydrogen (secondary N) is 1. The van der Waals surface area contributed by atoms with Crippen molar-refractivity contribution in [3.05, 3.63) is 65.0 Å². The summed E-state index contributed by atoms with van der Waals surface area (Å²) < 4.78 is 0.858. The summed E-state index contributed by atoms with van der Waals surface area (Å²) in [6.07, 6.45) is 0. The fourth-order valence-corrected chi connectivity index (χ4v) is 3.81. The number of nitrogens with zero attached hydrogens (tertiary/aromatic N) is 2. The Kier molecular flexibility index (Phi) is 5.49. The van der Waals surface area contributed by atoms with Gasteiger partial charge in [-0.2, -0.15) is 5.26 Å². The first kappa shape index (κ1) is 17.2. The van der Waals surface area contributed by atoms with Crippen molar-refractivity contribution < 1.29 is 4.79 Å². The Hall–Kier alpha value is -2.62. The van der Waals surface area contributed by atoms with Crippen molar-refractivity contribution in [2.24, 2.45) is 0 Å². The number of carbonyl (C=O) groups is 1. The number of anilines is 1.